The maximum Gasteiger partial charge on any atom is 0.251 e. The summed E-state index contributed by atoms with van der Waals surface area (Å²) in [5.41, 5.74) is 0. The van der Waals surface area contributed by atoms with Crippen LogP contribution in [0.3, 0.4) is 0 Å². The lowest BCUT2D eigenvalue weighted by Crippen LogP contribution is -2.56. The molecule has 0 aromatic heterocycles. The summed E-state index contributed by atoms with van der Waals surface area (Å²) in [5.74, 6) is -0.0826. The van der Waals surface area contributed by atoms with E-state index in [4.69, 9.17) is 9.47 Å². The summed E-state index contributed by atoms with van der Waals surface area (Å²) >= 11 is 0. The number of piperazine rings is 1. The molecule has 0 N–H and O–H groups in total. The molecule has 0 spiro atoms. The van der Waals surface area contributed by atoms with E-state index >= 15 is 0 Å². The van der Waals surface area contributed by atoms with E-state index in [2.05, 4.69) is 0 Å². The average molecular weight is 348 g/mol. The summed E-state index contributed by atoms with van der Waals surface area (Å²) < 4.78 is 36.1. The number of ether oxygens (including phenoxy) is 2. The van der Waals surface area contributed by atoms with E-state index in [0.29, 0.717) is 26.2 Å². The van der Waals surface area contributed by atoms with Crippen molar-refractivity contribution in [2.45, 2.75) is 51.4 Å². The molecule has 8 heteroatoms. The van der Waals surface area contributed by atoms with Crippen molar-refractivity contribution >= 4 is 15.9 Å². The van der Waals surface area contributed by atoms with Gasteiger partial charge in [-0.2, -0.15) is 4.31 Å². The first-order chi connectivity index (χ1) is 10.8. The van der Waals surface area contributed by atoms with E-state index < -0.39 is 16.1 Å². The first kappa shape index (κ1) is 18.6. The standard InChI is InChI=1S/C15H28N2O5S/c1-12-10-16(7-8-17(12)23(3,19)20)15(18)13(2)22-11-14-6-4-5-9-21-14/h12-14H,4-11H2,1-3H3/t12-,13?,14?/m0/s1. The minimum absolute atomic E-state index is 0.0826. The molecule has 0 aliphatic carbocycles. The van der Waals surface area contributed by atoms with Gasteiger partial charge in [0.1, 0.15) is 6.10 Å². The molecule has 134 valence electrons. The van der Waals surface area contributed by atoms with Gasteiger partial charge >= 0.3 is 0 Å². The van der Waals surface area contributed by atoms with Gasteiger partial charge in [-0.3, -0.25) is 4.79 Å². The molecule has 2 heterocycles. The van der Waals surface area contributed by atoms with E-state index in [0.717, 1.165) is 25.9 Å². The third-order valence-corrected chi connectivity index (χ3v) is 5.85. The van der Waals surface area contributed by atoms with Gasteiger partial charge in [-0.25, -0.2) is 8.42 Å². The SMILES string of the molecule is CC(OCC1CCCCO1)C(=O)N1CCN(S(C)(=O)=O)[C@@H](C)C1. The van der Waals surface area contributed by atoms with Crippen molar-refractivity contribution in [2.75, 3.05) is 39.1 Å². The predicted octanol–water partition coefficient (Wildman–Crippen LogP) is 0.453. The Balaban J connectivity index is 1.81. The minimum atomic E-state index is -3.22. The summed E-state index contributed by atoms with van der Waals surface area (Å²) in [7, 11) is -3.22. The van der Waals surface area contributed by atoms with Gasteiger partial charge in [-0.05, 0) is 33.1 Å². The Labute approximate surface area is 139 Å². The summed E-state index contributed by atoms with van der Waals surface area (Å²) in [6, 6.07) is -0.212. The van der Waals surface area contributed by atoms with Crippen LogP contribution in [0.1, 0.15) is 33.1 Å². The molecule has 1 amide bonds. The lowest BCUT2D eigenvalue weighted by atomic mass is 10.1. The van der Waals surface area contributed by atoms with Gasteiger partial charge < -0.3 is 14.4 Å². The van der Waals surface area contributed by atoms with Crippen LogP contribution in [-0.4, -0.2) is 80.9 Å². The highest BCUT2D eigenvalue weighted by Crippen LogP contribution is 2.16. The number of sulfonamides is 1. The van der Waals surface area contributed by atoms with E-state index in [-0.39, 0.29) is 18.1 Å². The van der Waals surface area contributed by atoms with Crippen LogP contribution >= 0.6 is 0 Å². The first-order valence-corrected chi connectivity index (χ1v) is 10.1. The monoisotopic (exact) mass is 348 g/mol. The number of nitrogens with zero attached hydrogens (tertiary/aromatic N) is 2. The van der Waals surface area contributed by atoms with E-state index in [1.807, 2.05) is 6.92 Å². The summed E-state index contributed by atoms with van der Waals surface area (Å²) in [6.07, 6.45) is 3.97. The van der Waals surface area contributed by atoms with Crippen molar-refractivity contribution in [3.05, 3.63) is 0 Å². The topological polar surface area (TPSA) is 76.2 Å². The third kappa shape index (κ3) is 5.14. The Kier molecular flexibility index (Phi) is 6.41. The van der Waals surface area contributed by atoms with Crippen molar-refractivity contribution in [1.29, 1.82) is 0 Å². The quantitative estimate of drug-likeness (QED) is 0.721. The maximum atomic E-state index is 12.5. The Morgan fingerprint density at radius 3 is 2.65 bits per heavy atom. The van der Waals surface area contributed by atoms with Gasteiger partial charge in [0.15, 0.2) is 0 Å². The largest absolute Gasteiger partial charge is 0.376 e. The van der Waals surface area contributed by atoms with Crippen molar-refractivity contribution < 1.29 is 22.7 Å². The molecule has 0 aromatic carbocycles. The first-order valence-electron chi connectivity index (χ1n) is 8.28. The van der Waals surface area contributed by atoms with Crippen LogP contribution in [0.5, 0.6) is 0 Å². The molecule has 2 fully saturated rings. The fourth-order valence-electron chi connectivity index (χ4n) is 3.15. The molecular weight excluding hydrogens is 320 g/mol. The molecular formula is C15H28N2O5S. The van der Waals surface area contributed by atoms with E-state index in [9.17, 15) is 13.2 Å². The minimum Gasteiger partial charge on any atom is -0.376 e. The molecule has 2 aliphatic heterocycles. The van der Waals surface area contributed by atoms with Gasteiger partial charge in [0, 0.05) is 32.3 Å². The van der Waals surface area contributed by atoms with Crippen molar-refractivity contribution in [1.82, 2.24) is 9.21 Å². The van der Waals surface area contributed by atoms with Crippen LogP contribution in [0.25, 0.3) is 0 Å². The summed E-state index contributed by atoms with van der Waals surface area (Å²) in [5, 5.41) is 0. The highest BCUT2D eigenvalue weighted by molar-refractivity contribution is 7.88. The van der Waals surface area contributed by atoms with Crippen LogP contribution in [0.2, 0.25) is 0 Å². The fraction of sp³-hybridized carbons (Fsp3) is 0.933. The second kappa shape index (κ2) is 7.92. The molecule has 0 aromatic rings. The molecule has 2 aliphatic rings. The van der Waals surface area contributed by atoms with Gasteiger partial charge in [0.05, 0.1) is 19.0 Å². The van der Waals surface area contributed by atoms with Crippen molar-refractivity contribution in [3.63, 3.8) is 0 Å². The second-order valence-electron chi connectivity index (χ2n) is 6.47. The highest BCUT2D eigenvalue weighted by Gasteiger charge is 2.33. The molecule has 0 radical (unpaired) electrons. The zero-order chi connectivity index (χ0) is 17.0. The number of carbonyl (C=O) groups is 1. The Bertz CT molecular complexity index is 504. The predicted molar refractivity (Wildman–Crippen MR) is 86.6 cm³/mol. The lowest BCUT2D eigenvalue weighted by molar-refractivity contribution is -0.148. The fourth-order valence-corrected chi connectivity index (χ4v) is 4.29. The van der Waals surface area contributed by atoms with Crippen molar-refractivity contribution in [3.8, 4) is 0 Å². The van der Waals surface area contributed by atoms with Crippen LogP contribution in [0.15, 0.2) is 0 Å². The summed E-state index contributed by atoms with van der Waals surface area (Å²) in [6.45, 7) is 5.92. The van der Waals surface area contributed by atoms with Gasteiger partial charge in [0.25, 0.3) is 5.91 Å². The highest BCUT2D eigenvalue weighted by atomic mass is 32.2. The van der Waals surface area contributed by atoms with Gasteiger partial charge in [0.2, 0.25) is 10.0 Å². The maximum absolute atomic E-state index is 12.5. The normalized spacial score (nSPS) is 28.6. The second-order valence-corrected chi connectivity index (χ2v) is 8.41. The smallest absolute Gasteiger partial charge is 0.251 e. The van der Waals surface area contributed by atoms with Gasteiger partial charge in [-0.1, -0.05) is 0 Å². The molecule has 2 saturated heterocycles. The van der Waals surface area contributed by atoms with E-state index in [1.54, 1.807) is 11.8 Å². The Hall–Kier alpha value is -0.700. The number of carbonyl (C=O) groups excluding carboxylic acids is 1. The van der Waals surface area contributed by atoms with Crippen LogP contribution in [-0.2, 0) is 24.3 Å². The average Bonchev–Trinajstić information content (AvgIpc) is 2.51. The molecule has 2 rings (SSSR count). The van der Waals surface area contributed by atoms with Gasteiger partial charge in [-0.15, -0.1) is 0 Å². The molecule has 0 bridgehead atoms. The zero-order valence-corrected chi connectivity index (χ0v) is 15.0. The lowest BCUT2D eigenvalue weighted by Gasteiger charge is -2.39. The van der Waals surface area contributed by atoms with Crippen LogP contribution in [0.4, 0.5) is 0 Å². The number of amides is 1. The van der Waals surface area contributed by atoms with Crippen LogP contribution < -0.4 is 0 Å². The Morgan fingerprint density at radius 1 is 1.35 bits per heavy atom. The van der Waals surface area contributed by atoms with E-state index in [1.165, 1.54) is 10.6 Å². The molecule has 3 atom stereocenters. The number of hydrogen-bond donors (Lipinski definition) is 0. The number of rotatable bonds is 5. The summed E-state index contributed by atoms with van der Waals surface area (Å²) in [4.78, 5) is 14.2. The number of hydrogen-bond acceptors (Lipinski definition) is 5. The molecule has 0 saturated carbocycles. The molecule has 2 unspecified atom stereocenters. The Morgan fingerprint density at radius 2 is 2.09 bits per heavy atom. The molecule has 7 nitrogen and oxygen atoms in total. The molecule has 23 heavy (non-hydrogen) atoms. The zero-order valence-electron chi connectivity index (χ0n) is 14.2. The third-order valence-electron chi connectivity index (χ3n) is 4.46. The van der Waals surface area contributed by atoms with Crippen molar-refractivity contribution in [2.24, 2.45) is 0 Å². The van der Waals surface area contributed by atoms with Crippen LogP contribution in [0, 0.1) is 0 Å².